The Balaban J connectivity index is 2.67. The van der Waals surface area contributed by atoms with Crippen molar-refractivity contribution in [2.24, 2.45) is 0 Å². The summed E-state index contributed by atoms with van der Waals surface area (Å²) < 4.78 is 12.7. The van der Waals surface area contributed by atoms with Gasteiger partial charge in [0.2, 0.25) is 0 Å². The van der Waals surface area contributed by atoms with Gasteiger partial charge in [-0.15, -0.1) is 0 Å². The average Bonchev–Trinajstić information content (AvgIpc) is 2.29. The number of aliphatic hydroxyl groups excluding tert-OH is 1. The Morgan fingerprint density at radius 1 is 1.44 bits per heavy atom. The predicted octanol–water partition coefficient (Wildman–Crippen LogP) is 1.05. The number of benzene rings is 1. The van der Waals surface area contributed by atoms with Crippen molar-refractivity contribution in [1.82, 2.24) is 5.32 Å². The van der Waals surface area contributed by atoms with E-state index in [1.54, 1.807) is 0 Å². The van der Waals surface area contributed by atoms with Gasteiger partial charge in [-0.25, -0.2) is 14.0 Å². The number of carboxylic acid groups (broad SMARTS) is 1. The van der Waals surface area contributed by atoms with Crippen LogP contribution in [0.5, 0.6) is 0 Å². The highest BCUT2D eigenvalue weighted by molar-refractivity contribution is 6.33. The van der Waals surface area contributed by atoms with E-state index in [0.717, 1.165) is 12.1 Å². The van der Waals surface area contributed by atoms with E-state index in [0.29, 0.717) is 0 Å². The fraction of sp³-hybridized carbons (Fsp3) is 0.200. The van der Waals surface area contributed by atoms with Crippen LogP contribution in [0.3, 0.4) is 0 Å². The van der Waals surface area contributed by atoms with E-state index in [1.807, 2.05) is 5.32 Å². The number of hydrogen-bond acceptors (Lipinski definition) is 3. The second kappa shape index (κ2) is 6.18. The van der Waals surface area contributed by atoms with Gasteiger partial charge in [0.15, 0.2) is 6.04 Å². The molecule has 1 aromatic carbocycles. The lowest BCUT2D eigenvalue weighted by Crippen LogP contribution is -2.45. The number of amides is 2. The molecule has 0 spiro atoms. The zero-order chi connectivity index (χ0) is 13.7. The van der Waals surface area contributed by atoms with Gasteiger partial charge < -0.3 is 20.8 Å². The van der Waals surface area contributed by atoms with Crippen LogP contribution >= 0.6 is 11.6 Å². The number of halogens is 2. The standard InChI is InChI=1S/C10H10ClFN2O4/c11-6-3-5(12)1-2-7(6)13-10(18)14-8(4-15)9(16)17/h1-3,8,15H,4H2,(H,16,17)(H2,13,14,18). The summed E-state index contributed by atoms with van der Waals surface area (Å²) in [7, 11) is 0. The van der Waals surface area contributed by atoms with E-state index in [4.69, 9.17) is 21.8 Å². The van der Waals surface area contributed by atoms with Gasteiger partial charge in [0, 0.05) is 0 Å². The zero-order valence-electron chi connectivity index (χ0n) is 8.98. The molecule has 1 aromatic rings. The fourth-order valence-corrected chi connectivity index (χ4v) is 1.31. The minimum absolute atomic E-state index is 0.0268. The van der Waals surface area contributed by atoms with E-state index in [2.05, 4.69) is 5.32 Å². The monoisotopic (exact) mass is 276 g/mol. The van der Waals surface area contributed by atoms with E-state index >= 15 is 0 Å². The molecule has 0 fully saturated rings. The summed E-state index contributed by atoms with van der Waals surface area (Å²) in [6.07, 6.45) is 0. The molecule has 18 heavy (non-hydrogen) atoms. The Labute approximate surface area is 106 Å². The number of carboxylic acids is 1. The number of nitrogens with one attached hydrogen (secondary N) is 2. The van der Waals surface area contributed by atoms with Crippen molar-refractivity contribution in [3.8, 4) is 0 Å². The maximum absolute atomic E-state index is 12.7. The predicted molar refractivity (Wildman–Crippen MR) is 62.1 cm³/mol. The van der Waals surface area contributed by atoms with Crippen LogP contribution in [0.4, 0.5) is 14.9 Å². The molecule has 0 aliphatic rings. The molecule has 0 heterocycles. The number of anilines is 1. The highest BCUT2D eigenvalue weighted by atomic mass is 35.5. The molecule has 1 rings (SSSR count). The smallest absolute Gasteiger partial charge is 0.328 e. The largest absolute Gasteiger partial charge is 0.480 e. The van der Waals surface area contributed by atoms with Crippen LogP contribution in [-0.2, 0) is 4.79 Å². The van der Waals surface area contributed by atoms with Crippen LogP contribution in [0.25, 0.3) is 0 Å². The number of hydrogen-bond donors (Lipinski definition) is 4. The Bertz CT molecular complexity index is 469. The number of urea groups is 1. The third kappa shape index (κ3) is 3.86. The Hall–Kier alpha value is -1.86. The van der Waals surface area contributed by atoms with Crippen LogP contribution in [0.15, 0.2) is 18.2 Å². The third-order valence-corrected chi connectivity index (χ3v) is 2.28. The summed E-state index contributed by atoms with van der Waals surface area (Å²) in [6, 6.07) is 1.01. The van der Waals surface area contributed by atoms with Crippen molar-refractivity contribution < 1.29 is 24.2 Å². The van der Waals surface area contributed by atoms with E-state index in [9.17, 15) is 14.0 Å². The maximum Gasteiger partial charge on any atom is 0.328 e. The van der Waals surface area contributed by atoms with E-state index in [-0.39, 0.29) is 10.7 Å². The van der Waals surface area contributed by atoms with E-state index < -0.39 is 30.5 Å². The van der Waals surface area contributed by atoms with E-state index in [1.165, 1.54) is 6.07 Å². The van der Waals surface area contributed by atoms with Crippen molar-refractivity contribution in [1.29, 1.82) is 0 Å². The minimum Gasteiger partial charge on any atom is -0.480 e. The molecule has 0 saturated heterocycles. The quantitative estimate of drug-likeness (QED) is 0.660. The molecule has 98 valence electrons. The Morgan fingerprint density at radius 3 is 2.61 bits per heavy atom. The molecule has 0 aromatic heterocycles. The second-order valence-corrected chi connectivity index (χ2v) is 3.70. The summed E-state index contributed by atoms with van der Waals surface area (Å²) in [6.45, 7) is -0.750. The molecule has 0 saturated carbocycles. The first kappa shape index (κ1) is 14.2. The number of aliphatic hydroxyl groups is 1. The molecular weight excluding hydrogens is 267 g/mol. The van der Waals surface area contributed by atoms with Crippen molar-refractivity contribution in [2.45, 2.75) is 6.04 Å². The lowest BCUT2D eigenvalue weighted by Gasteiger charge is -2.13. The van der Waals surface area contributed by atoms with Crippen LogP contribution in [0.1, 0.15) is 0 Å². The number of aliphatic carboxylic acids is 1. The first-order valence-corrected chi connectivity index (χ1v) is 5.18. The van der Waals surface area contributed by atoms with Gasteiger partial charge in [-0.05, 0) is 18.2 Å². The Morgan fingerprint density at radius 2 is 2.11 bits per heavy atom. The summed E-state index contributed by atoms with van der Waals surface area (Å²) in [5.74, 6) is -1.94. The second-order valence-electron chi connectivity index (χ2n) is 3.30. The van der Waals surface area contributed by atoms with Crippen molar-refractivity contribution >= 4 is 29.3 Å². The minimum atomic E-state index is -1.43. The lowest BCUT2D eigenvalue weighted by molar-refractivity contribution is -0.140. The van der Waals surface area contributed by atoms with Crippen LogP contribution in [-0.4, -0.2) is 34.9 Å². The average molecular weight is 277 g/mol. The molecule has 8 heteroatoms. The molecule has 0 radical (unpaired) electrons. The number of carbonyl (C=O) groups excluding carboxylic acids is 1. The van der Waals surface area contributed by atoms with Crippen molar-refractivity contribution in [3.63, 3.8) is 0 Å². The molecule has 0 bridgehead atoms. The highest BCUT2D eigenvalue weighted by Gasteiger charge is 2.18. The van der Waals surface area contributed by atoms with Crippen LogP contribution in [0, 0.1) is 5.82 Å². The number of carbonyl (C=O) groups is 2. The summed E-state index contributed by atoms with van der Waals surface area (Å²) >= 11 is 5.66. The van der Waals surface area contributed by atoms with Gasteiger partial charge in [0.1, 0.15) is 5.82 Å². The lowest BCUT2D eigenvalue weighted by atomic mass is 10.3. The van der Waals surface area contributed by atoms with Gasteiger partial charge in [-0.1, -0.05) is 11.6 Å². The number of rotatable bonds is 4. The molecule has 1 atom stereocenters. The van der Waals surface area contributed by atoms with Gasteiger partial charge in [-0.3, -0.25) is 0 Å². The SMILES string of the molecule is O=C(Nc1ccc(F)cc1Cl)NC(CO)C(=O)O. The molecule has 6 nitrogen and oxygen atoms in total. The molecule has 0 aliphatic carbocycles. The molecule has 0 aliphatic heterocycles. The van der Waals surface area contributed by atoms with Crippen molar-refractivity contribution in [2.75, 3.05) is 11.9 Å². The molecule has 2 amide bonds. The van der Waals surface area contributed by atoms with Crippen molar-refractivity contribution in [3.05, 3.63) is 29.0 Å². The van der Waals surface area contributed by atoms with Gasteiger partial charge in [0.05, 0.1) is 17.3 Å². The molecule has 4 N–H and O–H groups in total. The maximum atomic E-state index is 12.7. The summed E-state index contributed by atoms with van der Waals surface area (Å²) in [5, 5.41) is 21.5. The summed E-state index contributed by atoms with van der Waals surface area (Å²) in [5.41, 5.74) is 0.123. The first-order valence-electron chi connectivity index (χ1n) is 4.80. The van der Waals surface area contributed by atoms with Gasteiger partial charge in [0.25, 0.3) is 0 Å². The molecular formula is C10H10ClFN2O4. The zero-order valence-corrected chi connectivity index (χ0v) is 9.74. The third-order valence-electron chi connectivity index (χ3n) is 1.97. The topological polar surface area (TPSA) is 98.7 Å². The van der Waals surface area contributed by atoms with Crippen LogP contribution in [0.2, 0.25) is 5.02 Å². The van der Waals surface area contributed by atoms with Gasteiger partial charge in [-0.2, -0.15) is 0 Å². The summed E-state index contributed by atoms with van der Waals surface area (Å²) in [4.78, 5) is 21.9. The Kier molecular flexibility index (Phi) is 4.87. The fourth-order valence-electron chi connectivity index (χ4n) is 1.09. The van der Waals surface area contributed by atoms with Crippen LogP contribution < -0.4 is 10.6 Å². The molecule has 1 unspecified atom stereocenters. The normalized spacial score (nSPS) is 11.7. The highest BCUT2D eigenvalue weighted by Crippen LogP contribution is 2.22. The van der Waals surface area contributed by atoms with Gasteiger partial charge >= 0.3 is 12.0 Å². The first-order chi connectivity index (χ1) is 8.43.